The maximum atomic E-state index is 4.67. The first kappa shape index (κ1) is 15.2. The van der Waals surface area contributed by atoms with Crippen LogP contribution in [0.4, 0.5) is 0 Å². The predicted octanol–water partition coefficient (Wildman–Crippen LogP) is 5.21. The van der Waals surface area contributed by atoms with Crippen molar-refractivity contribution in [2.24, 2.45) is 0 Å². The summed E-state index contributed by atoms with van der Waals surface area (Å²) in [6, 6.07) is 10.3. The highest BCUT2D eigenvalue weighted by atomic mass is 14.9. The third-order valence-corrected chi connectivity index (χ3v) is 3.26. The van der Waals surface area contributed by atoms with Gasteiger partial charge >= 0.3 is 0 Å². The Morgan fingerprint density at radius 3 is 2.38 bits per heavy atom. The molecule has 0 saturated heterocycles. The molecule has 0 fully saturated rings. The Balaban J connectivity index is 0.000000774. The van der Waals surface area contributed by atoms with Crippen molar-refractivity contribution in [1.82, 2.24) is 9.97 Å². The molecule has 1 aliphatic carbocycles. The highest BCUT2D eigenvalue weighted by molar-refractivity contribution is 5.73. The number of aryl methyl sites for hydroxylation is 1. The number of nitrogens with zero attached hydrogens (tertiary/aromatic N) is 2. The minimum Gasteiger partial charge on any atom is -0.237 e. The van der Waals surface area contributed by atoms with E-state index in [1.807, 2.05) is 26.1 Å². The molecular weight excluding hydrogens is 256 g/mol. The summed E-state index contributed by atoms with van der Waals surface area (Å²) in [5, 5.41) is 0. The van der Waals surface area contributed by atoms with Gasteiger partial charge in [0.1, 0.15) is 0 Å². The van der Waals surface area contributed by atoms with Gasteiger partial charge in [-0.25, -0.2) is 9.97 Å². The molecule has 1 aromatic carbocycles. The van der Waals surface area contributed by atoms with E-state index in [4.69, 9.17) is 0 Å². The number of rotatable bonds is 2. The first-order valence-corrected chi connectivity index (χ1v) is 7.60. The molecule has 3 rings (SSSR count). The summed E-state index contributed by atoms with van der Waals surface area (Å²) in [5.74, 6) is 0.789. The summed E-state index contributed by atoms with van der Waals surface area (Å²) in [7, 11) is 0. The second kappa shape index (κ2) is 7.53. The second-order valence-corrected chi connectivity index (χ2v) is 4.77. The smallest absolute Gasteiger partial charge is 0.159 e. The first-order chi connectivity index (χ1) is 10.3. The standard InChI is InChI=1S/C17H16N2.C2H6/c1-13-7-9-15(10-8-13)17-18-12-11-16(19-17)14-5-3-2-4-6-14;1-2/h3,5-12H,2,4H2,1H3;1-2H3. The maximum absolute atomic E-state index is 4.67. The van der Waals surface area contributed by atoms with Crippen LogP contribution < -0.4 is 0 Å². The van der Waals surface area contributed by atoms with Crippen LogP contribution in [-0.4, -0.2) is 9.97 Å². The van der Waals surface area contributed by atoms with Crippen LogP contribution in [0.25, 0.3) is 17.0 Å². The Morgan fingerprint density at radius 2 is 1.71 bits per heavy atom. The number of hydrogen-bond donors (Lipinski definition) is 0. The van der Waals surface area contributed by atoms with E-state index >= 15 is 0 Å². The largest absolute Gasteiger partial charge is 0.237 e. The molecule has 21 heavy (non-hydrogen) atoms. The second-order valence-electron chi connectivity index (χ2n) is 4.77. The summed E-state index contributed by atoms with van der Waals surface area (Å²) in [6.07, 6.45) is 10.6. The van der Waals surface area contributed by atoms with Crippen LogP contribution in [0.15, 0.2) is 54.8 Å². The zero-order valence-corrected chi connectivity index (χ0v) is 13.0. The van der Waals surface area contributed by atoms with Gasteiger partial charge in [0.15, 0.2) is 5.82 Å². The quantitative estimate of drug-likeness (QED) is 0.753. The molecular formula is C19H22N2. The molecule has 0 atom stereocenters. The van der Waals surface area contributed by atoms with E-state index in [1.165, 1.54) is 11.1 Å². The lowest BCUT2D eigenvalue weighted by atomic mass is 10.0. The van der Waals surface area contributed by atoms with E-state index in [0.717, 1.165) is 29.9 Å². The highest BCUT2D eigenvalue weighted by Crippen LogP contribution is 2.22. The summed E-state index contributed by atoms with van der Waals surface area (Å²) in [4.78, 5) is 9.04. The van der Waals surface area contributed by atoms with Gasteiger partial charge < -0.3 is 0 Å². The molecule has 0 bridgehead atoms. The molecule has 0 unspecified atom stereocenters. The fraction of sp³-hybridized carbons (Fsp3) is 0.263. The molecule has 0 N–H and O–H groups in total. The summed E-state index contributed by atoms with van der Waals surface area (Å²) < 4.78 is 0. The zero-order valence-electron chi connectivity index (χ0n) is 13.0. The van der Waals surface area contributed by atoms with Crippen molar-refractivity contribution in [3.8, 4) is 11.4 Å². The Hall–Kier alpha value is -2.22. The van der Waals surface area contributed by atoms with Gasteiger partial charge in [0.25, 0.3) is 0 Å². The maximum Gasteiger partial charge on any atom is 0.159 e. The molecule has 1 aromatic heterocycles. The lowest BCUT2D eigenvalue weighted by Gasteiger charge is -2.08. The molecule has 0 saturated carbocycles. The normalized spacial score (nSPS) is 13.2. The van der Waals surface area contributed by atoms with Gasteiger partial charge in [0, 0.05) is 11.8 Å². The summed E-state index contributed by atoms with van der Waals surface area (Å²) in [6.45, 7) is 6.08. The molecule has 1 aliphatic rings. The Kier molecular flexibility index (Phi) is 5.44. The van der Waals surface area contributed by atoms with Gasteiger partial charge in [-0.3, -0.25) is 0 Å². The van der Waals surface area contributed by atoms with Gasteiger partial charge in [-0.1, -0.05) is 61.9 Å². The highest BCUT2D eigenvalue weighted by Gasteiger charge is 2.06. The van der Waals surface area contributed by atoms with Crippen LogP contribution in [0.2, 0.25) is 0 Å². The van der Waals surface area contributed by atoms with Crippen LogP contribution in [0.1, 0.15) is 37.9 Å². The van der Waals surface area contributed by atoms with Gasteiger partial charge in [-0.05, 0) is 31.4 Å². The number of benzene rings is 1. The van der Waals surface area contributed by atoms with Crippen molar-refractivity contribution in [2.75, 3.05) is 0 Å². The Labute approximate surface area is 127 Å². The molecule has 2 nitrogen and oxygen atoms in total. The van der Waals surface area contributed by atoms with Crippen LogP contribution in [0.5, 0.6) is 0 Å². The van der Waals surface area contributed by atoms with Crippen LogP contribution >= 0.6 is 0 Å². The van der Waals surface area contributed by atoms with Crippen LogP contribution in [0, 0.1) is 6.92 Å². The molecule has 0 amide bonds. The van der Waals surface area contributed by atoms with E-state index in [9.17, 15) is 0 Å². The number of aromatic nitrogens is 2. The molecule has 0 spiro atoms. The number of allylic oxidation sites excluding steroid dienone is 4. The van der Waals surface area contributed by atoms with Gasteiger partial charge in [-0.15, -0.1) is 0 Å². The summed E-state index contributed by atoms with van der Waals surface area (Å²) in [5.41, 5.74) is 4.51. The average molecular weight is 278 g/mol. The van der Waals surface area contributed by atoms with E-state index in [0.29, 0.717) is 0 Å². The average Bonchev–Trinajstić information content (AvgIpc) is 2.58. The lowest BCUT2D eigenvalue weighted by molar-refractivity contribution is 1.03. The fourth-order valence-corrected chi connectivity index (χ4v) is 2.16. The summed E-state index contributed by atoms with van der Waals surface area (Å²) >= 11 is 0. The van der Waals surface area contributed by atoms with E-state index in [1.54, 1.807) is 0 Å². The molecule has 0 radical (unpaired) electrons. The third-order valence-electron chi connectivity index (χ3n) is 3.26. The van der Waals surface area contributed by atoms with Gasteiger partial charge in [-0.2, -0.15) is 0 Å². The molecule has 0 aliphatic heterocycles. The van der Waals surface area contributed by atoms with Crippen molar-refractivity contribution in [3.05, 3.63) is 66.0 Å². The van der Waals surface area contributed by atoms with Crippen molar-refractivity contribution < 1.29 is 0 Å². The van der Waals surface area contributed by atoms with Crippen molar-refractivity contribution in [2.45, 2.75) is 33.6 Å². The fourth-order valence-electron chi connectivity index (χ4n) is 2.16. The molecule has 2 heteroatoms. The zero-order chi connectivity index (χ0) is 15.1. The SMILES string of the molecule is CC.Cc1ccc(-c2nccc(C3=CCCC=C3)n2)cc1. The monoisotopic (exact) mass is 278 g/mol. The Bertz CT molecular complexity index is 637. The molecule has 108 valence electrons. The van der Waals surface area contributed by atoms with E-state index < -0.39 is 0 Å². The van der Waals surface area contributed by atoms with E-state index in [-0.39, 0.29) is 0 Å². The van der Waals surface area contributed by atoms with Gasteiger partial charge in [0.2, 0.25) is 0 Å². The molecule has 2 aromatic rings. The minimum absolute atomic E-state index is 0.789. The van der Waals surface area contributed by atoms with Crippen molar-refractivity contribution in [3.63, 3.8) is 0 Å². The first-order valence-electron chi connectivity index (χ1n) is 7.60. The topological polar surface area (TPSA) is 25.8 Å². The predicted molar refractivity (Wildman–Crippen MR) is 89.9 cm³/mol. The Morgan fingerprint density at radius 1 is 0.952 bits per heavy atom. The van der Waals surface area contributed by atoms with Crippen molar-refractivity contribution >= 4 is 5.57 Å². The third kappa shape index (κ3) is 3.88. The number of hydrogen-bond acceptors (Lipinski definition) is 2. The van der Waals surface area contributed by atoms with Crippen LogP contribution in [-0.2, 0) is 0 Å². The van der Waals surface area contributed by atoms with Gasteiger partial charge in [0.05, 0.1) is 5.69 Å². The van der Waals surface area contributed by atoms with Crippen LogP contribution in [0.3, 0.4) is 0 Å². The lowest BCUT2D eigenvalue weighted by Crippen LogP contribution is -1.95. The van der Waals surface area contributed by atoms with E-state index in [2.05, 4.69) is 59.4 Å². The minimum atomic E-state index is 0.789. The molecule has 1 heterocycles. The van der Waals surface area contributed by atoms with Crippen molar-refractivity contribution in [1.29, 1.82) is 0 Å².